The van der Waals surface area contributed by atoms with Gasteiger partial charge < -0.3 is 20.1 Å². The molecule has 0 aliphatic heterocycles. The van der Waals surface area contributed by atoms with Crippen molar-refractivity contribution in [3.63, 3.8) is 0 Å². The maximum atomic E-state index is 9.25. The largest absolute Gasteiger partial charge is 0.496 e. The number of benzene rings is 1. The summed E-state index contributed by atoms with van der Waals surface area (Å²) in [6, 6.07) is 6.27. The van der Waals surface area contributed by atoms with E-state index in [1.165, 1.54) is 0 Å². The Balaban J connectivity index is 3.22. The number of aliphatic hydroxyl groups is 1. The van der Waals surface area contributed by atoms with E-state index in [4.69, 9.17) is 4.74 Å². The van der Waals surface area contributed by atoms with Crippen LogP contribution in [0.5, 0.6) is 5.75 Å². The van der Waals surface area contributed by atoms with Gasteiger partial charge in [0.15, 0.2) is 0 Å². The van der Waals surface area contributed by atoms with E-state index in [0.29, 0.717) is 6.54 Å². The highest BCUT2D eigenvalue weighted by Crippen LogP contribution is 2.34. The first kappa shape index (κ1) is 15.8. The van der Waals surface area contributed by atoms with Gasteiger partial charge >= 0.3 is 0 Å². The highest BCUT2D eigenvalue weighted by atomic mass is 16.5. The number of aliphatic hydroxyl groups excluding tert-OH is 1. The summed E-state index contributed by atoms with van der Waals surface area (Å²) in [5.74, 6) is 0.887. The lowest BCUT2D eigenvalue weighted by molar-refractivity contribution is 0.301. The Morgan fingerprint density at radius 2 is 2.11 bits per heavy atom. The molecule has 19 heavy (non-hydrogen) atoms. The zero-order chi connectivity index (χ0) is 14.3. The summed E-state index contributed by atoms with van der Waals surface area (Å²) in [4.78, 5) is 2.21. The lowest BCUT2D eigenvalue weighted by atomic mass is 10.0. The Hall–Kier alpha value is -1.26. The predicted molar refractivity (Wildman–Crippen MR) is 80.1 cm³/mol. The number of anilines is 1. The molecule has 4 nitrogen and oxygen atoms in total. The van der Waals surface area contributed by atoms with Crippen LogP contribution in [0.15, 0.2) is 18.2 Å². The standard InChI is InChI=1S/C15H26N2O2/c1-5-9-17(10-11-18)13-7-6-8-14(19-4)15(13)12(2)16-3/h6-8,12,16,18H,5,9-11H2,1-4H3. The van der Waals surface area contributed by atoms with Gasteiger partial charge in [0.05, 0.1) is 13.7 Å². The molecule has 108 valence electrons. The second kappa shape index (κ2) is 8.02. The van der Waals surface area contributed by atoms with Crippen molar-refractivity contribution in [2.45, 2.75) is 26.3 Å². The van der Waals surface area contributed by atoms with E-state index < -0.39 is 0 Å². The zero-order valence-electron chi connectivity index (χ0n) is 12.4. The third kappa shape index (κ3) is 3.85. The second-order valence-corrected chi connectivity index (χ2v) is 4.61. The number of nitrogens with zero attached hydrogens (tertiary/aromatic N) is 1. The Morgan fingerprint density at radius 3 is 2.63 bits per heavy atom. The fourth-order valence-electron chi connectivity index (χ4n) is 2.31. The Bertz CT molecular complexity index is 376. The van der Waals surface area contributed by atoms with Crippen molar-refractivity contribution in [3.8, 4) is 5.75 Å². The van der Waals surface area contributed by atoms with Crippen LogP contribution in [0, 0.1) is 0 Å². The van der Waals surface area contributed by atoms with E-state index in [2.05, 4.69) is 30.1 Å². The fourth-order valence-corrected chi connectivity index (χ4v) is 2.31. The normalized spacial score (nSPS) is 12.3. The molecular weight excluding hydrogens is 240 g/mol. The molecule has 0 saturated carbocycles. The summed E-state index contributed by atoms with van der Waals surface area (Å²) in [5.41, 5.74) is 2.28. The average molecular weight is 266 g/mol. The number of ether oxygens (including phenoxy) is 1. The van der Waals surface area contributed by atoms with Crippen molar-refractivity contribution >= 4 is 5.69 Å². The maximum Gasteiger partial charge on any atom is 0.125 e. The lowest BCUT2D eigenvalue weighted by Gasteiger charge is -2.29. The van der Waals surface area contributed by atoms with Crippen LogP contribution in [0.3, 0.4) is 0 Å². The van der Waals surface area contributed by atoms with E-state index in [1.54, 1.807) is 7.11 Å². The van der Waals surface area contributed by atoms with Gasteiger partial charge in [-0.15, -0.1) is 0 Å². The number of hydrogen-bond acceptors (Lipinski definition) is 4. The first-order chi connectivity index (χ1) is 9.19. The highest BCUT2D eigenvalue weighted by Gasteiger charge is 2.18. The first-order valence-corrected chi connectivity index (χ1v) is 6.89. The Kier molecular flexibility index (Phi) is 6.67. The zero-order valence-corrected chi connectivity index (χ0v) is 12.4. The van der Waals surface area contributed by atoms with Crippen LogP contribution in [0.2, 0.25) is 0 Å². The molecule has 0 heterocycles. The number of hydrogen-bond donors (Lipinski definition) is 2. The van der Waals surface area contributed by atoms with Crippen LogP contribution in [0.1, 0.15) is 31.9 Å². The Morgan fingerprint density at radius 1 is 1.37 bits per heavy atom. The average Bonchev–Trinajstić information content (AvgIpc) is 2.45. The number of methoxy groups -OCH3 is 1. The van der Waals surface area contributed by atoms with E-state index >= 15 is 0 Å². The molecule has 1 rings (SSSR count). The molecule has 0 bridgehead atoms. The quantitative estimate of drug-likeness (QED) is 0.757. The summed E-state index contributed by atoms with van der Waals surface area (Å²) in [6.07, 6.45) is 1.05. The van der Waals surface area contributed by atoms with Crippen LogP contribution in [0.4, 0.5) is 5.69 Å². The van der Waals surface area contributed by atoms with Gasteiger partial charge in [-0.25, -0.2) is 0 Å². The molecule has 0 aliphatic carbocycles. The molecule has 1 unspecified atom stereocenters. The second-order valence-electron chi connectivity index (χ2n) is 4.61. The molecule has 4 heteroatoms. The topological polar surface area (TPSA) is 44.7 Å². The molecule has 0 aliphatic rings. The fraction of sp³-hybridized carbons (Fsp3) is 0.600. The van der Waals surface area contributed by atoms with E-state index in [0.717, 1.165) is 30.0 Å². The predicted octanol–water partition coefficient (Wildman–Crippen LogP) is 2.18. The minimum Gasteiger partial charge on any atom is -0.496 e. The van der Waals surface area contributed by atoms with Crippen LogP contribution in [-0.4, -0.2) is 39.0 Å². The van der Waals surface area contributed by atoms with Gasteiger partial charge in [-0.1, -0.05) is 13.0 Å². The van der Waals surface area contributed by atoms with Gasteiger partial charge in [0.2, 0.25) is 0 Å². The molecule has 0 amide bonds. The SMILES string of the molecule is CCCN(CCO)c1cccc(OC)c1C(C)NC. The molecule has 0 aromatic heterocycles. The third-order valence-corrected chi connectivity index (χ3v) is 3.33. The van der Waals surface area contributed by atoms with Crippen molar-refractivity contribution in [2.24, 2.45) is 0 Å². The van der Waals surface area contributed by atoms with Crippen LogP contribution in [-0.2, 0) is 0 Å². The van der Waals surface area contributed by atoms with Crippen molar-refractivity contribution in [1.82, 2.24) is 5.32 Å². The van der Waals surface area contributed by atoms with Crippen LogP contribution in [0.25, 0.3) is 0 Å². The molecule has 1 atom stereocenters. The van der Waals surface area contributed by atoms with Crippen molar-refractivity contribution in [2.75, 3.05) is 38.8 Å². The maximum absolute atomic E-state index is 9.25. The molecule has 0 spiro atoms. The Labute approximate surface area is 116 Å². The van der Waals surface area contributed by atoms with E-state index in [-0.39, 0.29) is 12.6 Å². The number of rotatable bonds is 8. The van der Waals surface area contributed by atoms with E-state index in [9.17, 15) is 5.11 Å². The van der Waals surface area contributed by atoms with Crippen LogP contribution < -0.4 is 15.0 Å². The van der Waals surface area contributed by atoms with Crippen molar-refractivity contribution < 1.29 is 9.84 Å². The van der Waals surface area contributed by atoms with Gasteiger partial charge in [-0.05, 0) is 32.5 Å². The van der Waals surface area contributed by atoms with Gasteiger partial charge in [0.25, 0.3) is 0 Å². The molecule has 1 aromatic carbocycles. The van der Waals surface area contributed by atoms with Crippen LogP contribution >= 0.6 is 0 Å². The summed E-state index contributed by atoms with van der Waals surface area (Å²) >= 11 is 0. The number of nitrogens with one attached hydrogen (secondary N) is 1. The van der Waals surface area contributed by atoms with Gasteiger partial charge in [-0.2, -0.15) is 0 Å². The van der Waals surface area contributed by atoms with Crippen molar-refractivity contribution in [1.29, 1.82) is 0 Å². The molecule has 0 saturated heterocycles. The van der Waals surface area contributed by atoms with Gasteiger partial charge in [0, 0.05) is 30.4 Å². The smallest absolute Gasteiger partial charge is 0.125 e. The summed E-state index contributed by atoms with van der Waals surface area (Å²) < 4.78 is 5.49. The summed E-state index contributed by atoms with van der Waals surface area (Å²) in [5, 5.41) is 12.5. The third-order valence-electron chi connectivity index (χ3n) is 3.33. The van der Waals surface area contributed by atoms with Crippen molar-refractivity contribution in [3.05, 3.63) is 23.8 Å². The minimum absolute atomic E-state index is 0.157. The molecule has 0 radical (unpaired) electrons. The summed E-state index contributed by atoms with van der Waals surface area (Å²) in [7, 11) is 3.64. The monoisotopic (exact) mass is 266 g/mol. The lowest BCUT2D eigenvalue weighted by Crippen LogP contribution is -2.29. The van der Waals surface area contributed by atoms with Gasteiger partial charge in [-0.3, -0.25) is 0 Å². The van der Waals surface area contributed by atoms with E-state index in [1.807, 2.05) is 19.2 Å². The van der Waals surface area contributed by atoms with Gasteiger partial charge in [0.1, 0.15) is 5.75 Å². The molecular formula is C15H26N2O2. The molecule has 2 N–H and O–H groups in total. The summed E-state index contributed by atoms with van der Waals surface area (Å²) in [6.45, 7) is 5.99. The highest BCUT2D eigenvalue weighted by molar-refractivity contribution is 5.60. The minimum atomic E-state index is 0.157. The molecule has 0 fully saturated rings. The molecule has 1 aromatic rings. The first-order valence-electron chi connectivity index (χ1n) is 6.89.